The maximum atomic E-state index is 12.0. The standard InChI is InChI=1S/C26H46O4/c1-15(2)16(3)22-19(24(4)10-7-17(28)13-21(24)29)8-11-25(5)23(22)18-14-20(18)26(25,30)9-6-12-27/h15-23,27-30H,6-14H2,1-5H3/t16-,17-,18+,19?,20-,21-,22?,23?,24+,25-,26-/m0/s1. The molecular weight excluding hydrogens is 376 g/mol. The molecule has 174 valence electrons. The van der Waals surface area contributed by atoms with Crippen LogP contribution in [-0.4, -0.2) is 44.8 Å². The lowest BCUT2D eigenvalue weighted by Crippen LogP contribution is -2.59. The highest BCUT2D eigenvalue weighted by atomic mass is 16.3. The fourth-order valence-corrected chi connectivity index (χ4v) is 8.79. The van der Waals surface area contributed by atoms with Crippen LogP contribution in [0.25, 0.3) is 0 Å². The van der Waals surface area contributed by atoms with Crippen LogP contribution in [0, 0.1) is 52.3 Å². The molecule has 4 aliphatic rings. The van der Waals surface area contributed by atoms with Gasteiger partial charge in [-0.3, -0.25) is 0 Å². The molecule has 4 rings (SSSR count). The minimum Gasteiger partial charge on any atom is -0.396 e. The van der Waals surface area contributed by atoms with Gasteiger partial charge in [-0.25, -0.2) is 0 Å². The van der Waals surface area contributed by atoms with Gasteiger partial charge in [-0.1, -0.05) is 34.6 Å². The monoisotopic (exact) mass is 422 g/mol. The zero-order chi connectivity index (χ0) is 22.1. The Balaban J connectivity index is 1.71. The Morgan fingerprint density at radius 1 is 0.967 bits per heavy atom. The van der Waals surface area contributed by atoms with Crippen LogP contribution in [0.5, 0.6) is 0 Å². The van der Waals surface area contributed by atoms with E-state index in [1.807, 2.05) is 0 Å². The Labute approximate surface area is 183 Å². The summed E-state index contributed by atoms with van der Waals surface area (Å²) in [5.74, 6) is 3.54. The van der Waals surface area contributed by atoms with Crippen molar-refractivity contribution in [3.05, 3.63) is 0 Å². The molecule has 30 heavy (non-hydrogen) atoms. The van der Waals surface area contributed by atoms with Crippen molar-refractivity contribution in [2.45, 2.75) is 104 Å². The number of hydrogen-bond donors (Lipinski definition) is 4. The van der Waals surface area contributed by atoms with E-state index in [1.54, 1.807) is 0 Å². The molecule has 0 heterocycles. The van der Waals surface area contributed by atoms with E-state index >= 15 is 0 Å². The fourth-order valence-electron chi connectivity index (χ4n) is 8.79. The van der Waals surface area contributed by atoms with E-state index < -0.39 is 11.7 Å². The third-order valence-corrected chi connectivity index (χ3v) is 11.0. The summed E-state index contributed by atoms with van der Waals surface area (Å²) in [6, 6.07) is 0. The first-order valence-corrected chi connectivity index (χ1v) is 12.7. The Kier molecular flexibility index (Phi) is 5.92. The van der Waals surface area contributed by atoms with Gasteiger partial charge >= 0.3 is 0 Å². The molecule has 0 aromatic rings. The highest BCUT2D eigenvalue weighted by Crippen LogP contribution is 2.77. The molecule has 4 N–H and O–H groups in total. The van der Waals surface area contributed by atoms with E-state index in [9.17, 15) is 20.4 Å². The smallest absolute Gasteiger partial charge is 0.0735 e. The molecule has 0 aromatic heterocycles. The summed E-state index contributed by atoms with van der Waals surface area (Å²) in [7, 11) is 0. The first-order valence-electron chi connectivity index (χ1n) is 12.7. The first-order chi connectivity index (χ1) is 14.0. The van der Waals surface area contributed by atoms with Crippen LogP contribution in [0.2, 0.25) is 0 Å². The summed E-state index contributed by atoms with van der Waals surface area (Å²) in [5, 5.41) is 42.8. The lowest BCUT2D eigenvalue weighted by Gasteiger charge is -2.60. The summed E-state index contributed by atoms with van der Waals surface area (Å²) >= 11 is 0. The lowest BCUT2D eigenvalue weighted by molar-refractivity contribution is -0.180. The van der Waals surface area contributed by atoms with Crippen LogP contribution in [0.15, 0.2) is 0 Å². The van der Waals surface area contributed by atoms with E-state index in [-0.39, 0.29) is 23.5 Å². The number of rotatable bonds is 6. The topological polar surface area (TPSA) is 80.9 Å². The van der Waals surface area contributed by atoms with Crippen LogP contribution in [-0.2, 0) is 0 Å². The molecule has 0 aliphatic heterocycles. The third kappa shape index (κ3) is 3.15. The number of aliphatic hydroxyl groups is 4. The normalized spacial score (nSPS) is 54.0. The number of aliphatic hydroxyl groups excluding tert-OH is 3. The molecule has 0 saturated heterocycles. The van der Waals surface area contributed by atoms with Crippen molar-refractivity contribution >= 4 is 0 Å². The second kappa shape index (κ2) is 7.71. The Bertz CT molecular complexity index is 637. The Hall–Kier alpha value is -0.160. The quantitative estimate of drug-likeness (QED) is 0.522. The molecule has 0 amide bonds. The SMILES string of the molecule is CC(C)[C@H](C)C1C2[C@@H]3C[C@@H]3[C@@](O)(CCCO)[C@@]2(C)CCC1[C@@]1(C)CC[C@H](O)C[C@@H]1O. The van der Waals surface area contributed by atoms with E-state index in [0.717, 1.165) is 38.5 Å². The molecule has 4 nitrogen and oxygen atoms in total. The maximum absolute atomic E-state index is 12.0. The molecule has 0 radical (unpaired) electrons. The molecule has 4 aliphatic carbocycles. The van der Waals surface area contributed by atoms with Crippen LogP contribution in [0.1, 0.15) is 86.0 Å². The van der Waals surface area contributed by atoms with Crippen LogP contribution in [0.4, 0.5) is 0 Å². The van der Waals surface area contributed by atoms with Gasteiger partial charge in [0.2, 0.25) is 0 Å². The van der Waals surface area contributed by atoms with Crippen LogP contribution < -0.4 is 0 Å². The van der Waals surface area contributed by atoms with Crippen molar-refractivity contribution < 1.29 is 20.4 Å². The predicted molar refractivity (Wildman–Crippen MR) is 119 cm³/mol. The Morgan fingerprint density at radius 2 is 1.67 bits per heavy atom. The van der Waals surface area contributed by atoms with Gasteiger partial charge in [0.25, 0.3) is 0 Å². The Morgan fingerprint density at radius 3 is 2.27 bits per heavy atom. The van der Waals surface area contributed by atoms with Gasteiger partial charge in [-0.15, -0.1) is 0 Å². The maximum Gasteiger partial charge on any atom is 0.0735 e. The van der Waals surface area contributed by atoms with E-state index in [1.165, 1.54) is 0 Å². The zero-order valence-corrected chi connectivity index (χ0v) is 19.8. The average Bonchev–Trinajstić information content (AvgIpc) is 3.45. The summed E-state index contributed by atoms with van der Waals surface area (Å²) in [4.78, 5) is 0. The van der Waals surface area contributed by atoms with Gasteiger partial charge in [0.05, 0.1) is 17.8 Å². The summed E-state index contributed by atoms with van der Waals surface area (Å²) in [5.41, 5.74) is -0.882. The molecule has 4 fully saturated rings. The highest BCUT2D eigenvalue weighted by Gasteiger charge is 2.75. The van der Waals surface area contributed by atoms with E-state index in [2.05, 4.69) is 34.6 Å². The molecule has 4 heteroatoms. The minimum atomic E-state index is -0.646. The number of fused-ring (bicyclic) bond motifs is 3. The molecule has 3 unspecified atom stereocenters. The van der Waals surface area contributed by atoms with Crippen molar-refractivity contribution in [2.24, 2.45) is 52.3 Å². The molecular formula is C26H46O4. The van der Waals surface area contributed by atoms with Gasteiger partial charge in [0.15, 0.2) is 0 Å². The summed E-state index contributed by atoms with van der Waals surface area (Å²) in [6.07, 6.45) is 5.99. The summed E-state index contributed by atoms with van der Waals surface area (Å²) < 4.78 is 0. The van der Waals surface area contributed by atoms with Gasteiger partial charge in [0.1, 0.15) is 0 Å². The van der Waals surface area contributed by atoms with Crippen molar-refractivity contribution in [2.75, 3.05) is 6.61 Å². The lowest BCUT2D eigenvalue weighted by atomic mass is 9.46. The van der Waals surface area contributed by atoms with Crippen LogP contribution in [0.3, 0.4) is 0 Å². The molecule has 0 spiro atoms. The zero-order valence-electron chi connectivity index (χ0n) is 19.8. The number of hydrogen-bond acceptors (Lipinski definition) is 4. The highest BCUT2D eigenvalue weighted by molar-refractivity contribution is 5.24. The second-order valence-electron chi connectivity index (χ2n) is 12.5. The molecule has 0 bridgehead atoms. The van der Waals surface area contributed by atoms with Crippen molar-refractivity contribution in [3.63, 3.8) is 0 Å². The van der Waals surface area contributed by atoms with Crippen LogP contribution >= 0.6 is 0 Å². The fraction of sp³-hybridized carbons (Fsp3) is 1.00. The van der Waals surface area contributed by atoms with Crippen molar-refractivity contribution in [1.29, 1.82) is 0 Å². The minimum absolute atomic E-state index is 0.0877. The molecule has 4 saturated carbocycles. The van der Waals surface area contributed by atoms with Crippen molar-refractivity contribution in [3.8, 4) is 0 Å². The van der Waals surface area contributed by atoms with Gasteiger partial charge in [0, 0.05) is 6.61 Å². The van der Waals surface area contributed by atoms with Gasteiger partial charge in [-0.2, -0.15) is 0 Å². The van der Waals surface area contributed by atoms with Gasteiger partial charge < -0.3 is 20.4 Å². The summed E-state index contributed by atoms with van der Waals surface area (Å²) in [6.45, 7) is 11.9. The molecule has 0 aromatic carbocycles. The first kappa shape index (κ1) is 23.0. The predicted octanol–water partition coefficient (Wildman–Crippen LogP) is 3.99. The van der Waals surface area contributed by atoms with Gasteiger partial charge in [-0.05, 0) is 104 Å². The second-order valence-corrected chi connectivity index (χ2v) is 12.5. The van der Waals surface area contributed by atoms with Crippen molar-refractivity contribution in [1.82, 2.24) is 0 Å². The van der Waals surface area contributed by atoms with E-state index in [0.29, 0.717) is 54.3 Å². The largest absolute Gasteiger partial charge is 0.396 e. The molecule has 11 atom stereocenters. The van der Waals surface area contributed by atoms with E-state index in [4.69, 9.17) is 0 Å². The average molecular weight is 423 g/mol. The third-order valence-electron chi connectivity index (χ3n) is 11.0.